The largest absolute Gasteiger partial charge is 0.490 e. The molecule has 7 nitrogen and oxygen atoms in total. The zero-order chi connectivity index (χ0) is 25.7. The Labute approximate surface area is 221 Å². The minimum Gasteiger partial charge on any atom is -0.490 e. The highest BCUT2D eigenvalue weighted by Gasteiger charge is 2.34. The Morgan fingerprint density at radius 1 is 1.22 bits per heavy atom. The van der Waals surface area contributed by atoms with E-state index < -0.39 is 0 Å². The van der Waals surface area contributed by atoms with Gasteiger partial charge in [0.25, 0.3) is 11.8 Å². The van der Waals surface area contributed by atoms with Gasteiger partial charge in [-0.15, -0.1) is 0 Å². The van der Waals surface area contributed by atoms with Crippen molar-refractivity contribution < 1.29 is 23.8 Å². The molecule has 9 heteroatoms. The number of hydrogen-bond donors (Lipinski definition) is 1. The molecule has 2 aromatic carbocycles. The van der Waals surface area contributed by atoms with Crippen LogP contribution in [0.1, 0.15) is 36.5 Å². The topological polar surface area (TPSA) is 77.1 Å². The van der Waals surface area contributed by atoms with E-state index >= 15 is 0 Å². The van der Waals surface area contributed by atoms with Gasteiger partial charge in [0.15, 0.2) is 18.1 Å². The van der Waals surface area contributed by atoms with Crippen LogP contribution in [-0.4, -0.2) is 53.5 Å². The van der Waals surface area contributed by atoms with Crippen molar-refractivity contribution in [1.29, 1.82) is 0 Å². The lowest BCUT2D eigenvalue weighted by Crippen LogP contribution is -2.35. The summed E-state index contributed by atoms with van der Waals surface area (Å²) in [5.41, 5.74) is 3.59. The molecule has 4 rings (SSSR count). The van der Waals surface area contributed by atoms with Gasteiger partial charge in [-0.05, 0) is 74.6 Å². The number of amides is 2. The lowest BCUT2D eigenvalue weighted by atomic mass is 10.1. The summed E-state index contributed by atoms with van der Waals surface area (Å²) < 4.78 is 17.7. The Morgan fingerprint density at radius 3 is 2.81 bits per heavy atom. The number of nitrogens with zero attached hydrogens (tertiary/aromatic N) is 1. The number of carbonyl (C=O) groups excluding carboxylic acids is 2. The molecule has 1 atom stereocenters. The maximum atomic E-state index is 13.0. The second kappa shape index (κ2) is 11.9. The molecule has 2 heterocycles. The van der Waals surface area contributed by atoms with Crippen molar-refractivity contribution in [3.8, 4) is 11.5 Å². The first-order valence-electron chi connectivity index (χ1n) is 12.0. The first kappa shape index (κ1) is 26.2. The molecule has 0 aromatic heterocycles. The molecule has 0 unspecified atom stereocenters. The molecule has 0 bridgehead atoms. The van der Waals surface area contributed by atoms with Crippen LogP contribution in [0, 0.1) is 13.8 Å². The first-order valence-corrected chi connectivity index (χ1v) is 13.2. The fourth-order valence-electron chi connectivity index (χ4n) is 4.00. The van der Waals surface area contributed by atoms with Gasteiger partial charge in [-0.25, -0.2) is 0 Å². The molecule has 2 fully saturated rings. The third-order valence-electron chi connectivity index (χ3n) is 5.88. The Bertz CT molecular complexity index is 1190. The zero-order valence-electron chi connectivity index (χ0n) is 20.7. The normalized spacial score (nSPS) is 18.7. The molecular formula is C27H30N2O5S2. The number of aryl methyl sites for hydroxylation is 2. The minimum absolute atomic E-state index is 0.0415. The lowest BCUT2D eigenvalue weighted by Gasteiger charge is -2.18. The number of nitrogens with one attached hydrogen (secondary N) is 1. The molecule has 0 aliphatic carbocycles. The fourth-order valence-corrected chi connectivity index (χ4v) is 5.28. The van der Waals surface area contributed by atoms with Crippen LogP contribution in [0.4, 0.5) is 5.69 Å². The summed E-state index contributed by atoms with van der Waals surface area (Å²) in [6.07, 6.45) is 3.79. The van der Waals surface area contributed by atoms with Crippen molar-refractivity contribution in [2.24, 2.45) is 0 Å². The highest BCUT2D eigenvalue weighted by atomic mass is 32.2. The summed E-state index contributed by atoms with van der Waals surface area (Å²) in [5.74, 6) is 0.587. The second-order valence-electron chi connectivity index (χ2n) is 8.72. The Hall–Kier alpha value is -2.88. The number of rotatable bonds is 9. The molecule has 2 saturated heterocycles. The lowest BCUT2D eigenvalue weighted by molar-refractivity contribution is -0.123. The monoisotopic (exact) mass is 526 g/mol. The predicted molar refractivity (Wildman–Crippen MR) is 147 cm³/mol. The van der Waals surface area contributed by atoms with Crippen molar-refractivity contribution in [3.05, 3.63) is 58.0 Å². The third kappa shape index (κ3) is 6.46. The van der Waals surface area contributed by atoms with E-state index in [0.29, 0.717) is 33.9 Å². The van der Waals surface area contributed by atoms with Crippen molar-refractivity contribution in [1.82, 2.24) is 4.90 Å². The molecule has 2 amide bonds. The Kier molecular flexibility index (Phi) is 8.66. The molecule has 0 spiro atoms. The standard InChI is InChI=1S/C27H30N2O5S2/c1-4-32-23-13-19(14-24-26(31)29(27(35)36-24)15-20-6-5-11-33-20)9-10-22(23)34-16-25(30)28-21-12-17(2)7-8-18(21)3/h7-10,12-14,20H,4-6,11,15-16H2,1-3H3,(H,28,30)/b24-14-/t20-/m0/s1. The van der Waals surface area contributed by atoms with Crippen LogP contribution in [0.3, 0.4) is 0 Å². The van der Waals surface area contributed by atoms with Gasteiger partial charge in [-0.1, -0.05) is 42.2 Å². The molecular weight excluding hydrogens is 496 g/mol. The van der Waals surface area contributed by atoms with Crippen molar-refractivity contribution in [2.45, 2.75) is 39.7 Å². The van der Waals surface area contributed by atoms with Crippen LogP contribution >= 0.6 is 24.0 Å². The van der Waals surface area contributed by atoms with Gasteiger partial charge in [-0.2, -0.15) is 0 Å². The van der Waals surface area contributed by atoms with E-state index in [9.17, 15) is 9.59 Å². The highest BCUT2D eigenvalue weighted by molar-refractivity contribution is 8.26. The van der Waals surface area contributed by atoms with Crippen LogP contribution in [0.5, 0.6) is 11.5 Å². The number of carbonyl (C=O) groups is 2. The highest BCUT2D eigenvalue weighted by Crippen LogP contribution is 2.35. The van der Waals surface area contributed by atoms with Crippen molar-refractivity contribution in [2.75, 3.05) is 31.7 Å². The number of ether oxygens (including phenoxy) is 3. The second-order valence-corrected chi connectivity index (χ2v) is 10.4. The third-order valence-corrected chi connectivity index (χ3v) is 7.25. The Balaban J connectivity index is 1.42. The summed E-state index contributed by atoms with van der Waals surface area (Å²) >= 11 is 6.73. The van der Waals surface area contributed by atoms with Gasteiger partial charge >= 0.3 is 0 Å². The van der Waals surface area contributed by atoms with Crippen LogP contribution in [-0.2, 0) is 14.3 Å². The van der Waals surface area contributed by atoms with Crippen LogP contribution in [0.25, 0.3) is 6.08 Å². The van der Waals surface area contributed by atoms with Crippen molar-refractivity contribution in [3.63, 3.8) is 0 Å². The predicted octanol–water partition coefficient (Wildman–Crippen LogP) is 5.10. The van der Waals surface area contributed by atoms with Gasteiger partial charge < -0.3 is 19.5 Å². The molecule has 1 N–H and O–H groups in total. The van der Waals surface area contributed by atoms with E-state index in [2.05, 4.69) is 5.32 Å². The van der Waals surface area contributed by atoms with Crippen LogP contribution < -0.4 is 14.8 Å². The van der Waals surface area contributed by atoms with Crippen LogP contribution in [0.2, 0.25) is 0 Å². The van der Waals surface area contributed by atoms with Gasteiger partial charge in [-0.3, -0.25) is 14.5 Å². The van der Waals surface area contributed by atoms with E-state index in [0.717, 1.165) is 41.8 Å². The average Bonchev–Trinajstić information content (AvgIpc) is 3.45. The van der Waals surface area contributed by atoms with Crippen molar-refractivity contribution >= 4 is 51.9 Å². The molecule has 2 aliphatic heterocycles. The van der Waals surface area contributed by atoms with E-state index in [-0.39, 0.29) is 24.5 Å². The number of thioether (sulfide) groups is 1. The number of hydrogen-bond acceptors (Lipinski definition) is 7. The minimum atomic E-state index is -0.259. The molecule has 2 aromatic rings. The maximum Gasteiger partial charge on any atom is 0.266 e. The van der Waals surface area contributed by atoms with Gasteiger partial charge in [0, 0.05) is 12.3 Å². The average molecular weight is 527 g/mol. The Morgan fingerprint density at radius 2 is 2.06 bits per heavy atom. The fraction of sp³-hybridized carbons (Fsp3) is 0.370. The van der Waals surface area contributed by atoms with Crippen LogP contribution in [0.15, 0.2) is 41.3 Å². The first-order chi connectivity index (χ1) is 17.3. The smallest absolute Gasteiger partial charge is 0.266 e. The summed E-state index contributed by atoms with van der Waals surface area (Å²) in [6, 6.07) is 11.3. The van der Waals surface area contributed by atoms with E-state index in [1.54, 1.807) is 23.1 Å². The van der Waals surface area contributed by atoms with Gasteiger partial charge in [0.1, 0.15) is 4.32 Å². The number of benzene rings is 2. The van der Waals surface area contributed by atoms with Gasteiger partial charge in [0.2, 0.25) is 0 Å². The maximum absolute atomic E-state index is 13.0. The molecule has 36 heavy (non-hydrogen) atoms. The van der Waals surface area contributed by atoms with E-state index in [1.165, 1.54) is 11.8 Å². The summed E-state index contributed by atoms with van der Waals surface area (Å²) in [7, 11) is 0. The molecule has 190 valence electrons. The van der Waals surface area contributed by atoms with Gasteiger partial charge in [0.05, 0.1) is 24.2 Å². The molecule has 0 radical (unpaired) electrons. The zero-order valence-corrected chi connectivity index (χ0v) is 22.3. The molecule has 0 saturated carbocycles. The van der Waals surface area contributed by atoms with E-state index in [1.807, 2.05) is 45.0 Å². The SMILES string of the molecule is CCOc1cc(/C=C2\SC(=S)N(C[C@@H]3CCCO3)C2=O)ccc1OCC(=O)Nc1cc(C)ccc1C. The number of thiocarbonyl (C=S) groups is 1. The van der Waals surface area contributed by atoms with E-state index in [4.69, 9.17) is 26.4 Å². The molecule has 2 aliphatic rings. The quantitative estimate of drug-likeness (QED) is 0.360. The summed E-state index contributed by atoms with van der Waals surface area (Å²) in [6.45, 7) is 7.29. The summed E-state index contributed by atoms with van der Waals surface area (Å²) in [5, 5.41) is 2.89. The number of anilines is 1. The summed E-state index contributed by atoms with van der Waals surface area (Å²) in [4.78, 5) is 27.6.